The van der Waals surface area contributed by atoms with E-state index < -0.39 is 155 Å². The molecule has 5 rings (SSSR count). The number of hydrogen-bond donors (Lipinski definition) is 15. The molecule has 0 bridgehead atoms. The Kier molecular flexibility index (Phi) is 16.9. The monoisotopic (exact) mass is 871 g/mol. The summed E-state index contributed by atoms with van der Waals surface area (Å²) in [5, 5.41) is 135. The van der Waals surface area contributed by atoms with Gasteiger partial charge in [0.15, 0.2) is 24.0 Å². The molecule has 59 heavy (non-hydrogen) atoms. The number of carbonyl (C=O) groups is 1. The number of aliphatic hydroxyl groups is 12. The number of rotatable bonds is 14. The maximum atomic E-state index is 12.1. The zero-order valence-electron chi connectivity index (χ0n) is 31.6. The third-order valence-corrected chi connectivity index (χ3v) is 10.5. The lowest BCUT2D eigenvalue weighted by Gasteiger charge is -2.49. The molecule has 4 fully saturated rings. The largest absolute Gasteiger partial charge is 0.462 e. The minimum absolute atomic E-state index is 0.116. The molecule has 4 aliphatic rings. The minimum Gasteiger partial charge on any atom is -0.462 e. The molecule has 1 amide bonds. The van der Waals surface area contributed by atoms with Gasteiger partial charge in [0.1, 0.15) is 103 Å². The molecule has 336 valence electrons. The number of nitrogens with one attached hydrogen (secondary N) is 3. The molecule has 0 aromatic heterocycles. The Morgan fingerprint density at radius 1 is 0.627 bits per heavy atom. The van der Waals surface area contributed by atoms with Gasteiger partial charge in [0.05, 0.1) is 26.4 Å². The Bertz CT molecular complexity index is 1510. The van der Waals surface area contributed by atoms with Crippen molar-refractivity contribution >= 4 is 28.9 Å². The summed E-state index contributed by atoms with van der Waals surface area (Å²) in [6.45, 7) is -2.09. The van der Waals surface area contributed by atoms with Crippen molar-refractivity contribution in [2.24, 2.45) is 0 Å². The average molecular weight is 872 g/mol. The van der Waals surface area contributed by atoms with Crippen molar-refractivity contribution in [3.05, 3.63) is 24.3 Å². The molecule has 1 aromatic rings. The van der Waals surface area contributed by atoms with Crippen molar-refractivity contribution in [1.29, 1.82) is 0 Å². The van der Waals surface area contributed by atoms with Gasteiger partial charge in [0.25, 0.3) is 0 Å². The lowest BCUT2D eigenvalue weighted by atomic mass is 9.95. The van der Waals surface area contributed by atoms with Crippen molar-refractivity contribution in [2.45, 2.75) is 130 Å². The van der Waals surface area contributed by atoms with Gasteiger partial charge in [-0.05, 0) is 36.5 Å². The first kappa shape index (κ1) is 47.5. The number of aliphatic hydroxyl groups excluding tert-OH is 12. The molecule has 25 heteroatoms. The average Bonchev–Trinajstić information content (AvgIpc) is 3.22. The molecule has 1 aromatic carbocycles. The Labute approximate surface area is 341 Å². The third-order valence-electron chi connectivity index (χ3n) is 10.2. The fraction of sp³-hybridized carbons (Fsp3) is 0.765. The standard InChI is InChI=1S/C34H53N3O21S/c1-11(41)36-18-23(46)19(42)14(7-38)53-30(18)58-29-25(48)21(44)16(9-40)55-33(29)57-28-22(45)17(10-51-31-26(49)24(47)20(43)15(8-39)54-31)56-32(27(28)50)52-13-5-3-12(4-6-13)37-34(59)35-2/h3-6,14-33,38-40,42-50H,7-10H2,1-2H3,(H,36,41)(H2,35,37,59). The predicted molar refractivity (Wildman–Crippen MR) is 196 cm³/mol. The molecular formula is C34H53N3O21S. The summed E-state index contributed by atoms with van der Waals surface area (Å²) in [7, 11) is 1.62. The second-order valence-corrected chi connectivity index (χ2v) is 14.7. The molecule has 0 radical (unpaired) electrons. The summed E-state index contributed by atoms with van der Waals surface area (Å²) in [6.07, 6.45) is -33.3. The van der Waals surface area contributed by atoms with E-state index in [9.17, 15) is 66.1 Å². The molecule has 0 aliphatic carbocycles. The highest BCUT2D eigenvalue weighted by molar-refractivity contribution is 7.80. The van der Waals surface area contributed by atoms with Gasteiger partial charge in [0.2, 0.25) is 12.2 Å². The SMILES string of the molecule is CNC(=S)Nc1ccc(OC2OC(COC3OC(CO)C(O)C(O)C3O)C(O)C(OC3OC(CO)C(O)C(O)C3OC3OC(CO)C(O)C(O)C3NC(C)=O)C2O)cc1. The van der Waals surface area contributed by atoms with Crippen LogP contribution in [0.4, 0.5) is 5.69 Å². The second-order valence-electron chi connectivity index (χ2n) is 14.2. The Morgan fingerprint density at radius 2 is 1.15 bits per heavy atom. The van der Waals surface area contributed by atoms with E-state index in [1.165, 1.54) is 12.1 Å². The normalized spacial score (nSPS) is 42.7. The van der Waals surface area contributed by atoms with Crippen LogP contribution in [0, 0.1) is 0 Å². The van der Waals surface area contributed by atoms with Gasteiger partial charge in [-0.1, -0.05) is 0 Å². The molecule has 0 saturated carbocycles. The van der Waals surface area contributed by atoms with E-state index in [4.69, 9.17) is 50.1 Å². The van der Waals surface area contributed by atoms with Crippen molar-refractivity contribution in [3.63, 3.8) is 0 Å². The minimum atomic E-state index is -2.00. The quantitative estimate of drug-likeness (QED) is 0.0772. The first-order valence-electron chi connectivity index (χ1n) is 18.5. The summed E-state index contributed by atoms with van der Waals surface area (Å²) in [6, 6.07) is 4.58. The van der Waals surface area contributed by atoms with Crippen LogP contribution in [0.1, 0.15) is 6.92 Å². The molecular weight excluding hydrogens is 818 g/mol. The van der Waals surface area contributed by atoms with E-state index in [0.29, 0.717) is 10.8 Å². The Morgan fingerprint density at radius 3 is 1.73 bits per heavy atom. The van der Waals surface area contributed by atoms with Gasteiger partial charge >= 0.3 is 0 Å². The van der Waals surface area contributed by atoms with E-state index in [2.05, 4.69) is 16.0 Å². The second kappa shape index (κ2) is 21.0. The molecule has 4 aliphatic heterocycles. The summed E-state index contributed by atoms with van der Waals surface area (Å²) in [5.74, 6) is -0.594. The van der Waals surface area contributed by atoms with E-state index >= 15 is 0 Å². The molecule has 20 unspecified atom stereocenters. The number of benzene rings is 1. The summed E-state index contributed by atoms with van der Waals surface area (Å²) in [4.78, 5) is 12.1. The van der Waals surface area contributed by atoms with Gasteiger partial charge in [0, 0.05) is 19.7 Å². The van der Waals surface area contributed by atoms with E-state index in [-0.39, 0.29) is 5.75 Å². The van der Waals surface area contributed by atoms with Crippen molar-refractivity contribution in [1.82, 2.24) is 10.6 Å². The van der Waals surface area contributed by atoms with Crippen molar-refractivity contribution in [3.8, 4) is 5.75 Å². The van der Waals surface area contributed by atoms with E-state index in [1.807, 2.05) is 0 Å². The zero-order chi connectivity index (χ0) is 43.3. The molecule has 4 saturated heterocycles. The van der Waals surface area contributed by atoms with Crippen LogP contribution in [0.2, 0.25) is 0 Å². The fourth-order valence-corrected chi connectivity index (χ4v) is 6.96. The maximum Gasteiger partial charge on any atom is 0.229 e. The van der Waals surface area contributed by atoms with Crippen LogP contribution in [-0.4, -0.2) is 229 Å². The van der Waals surface area contributed by atoms with Crippen LogP contribution in [0.25, 0.3) is 0 Å². The fourth-order valence-electron chi connectivity index (χ4n) is 6.84. The number of amides is 1. The third kappa shape index (κ3) is 10.9. The Balaban J connectivity index is 1.43. The van der Waals surface area contributed by atoms with E-state index in [0.717, 1.165) is 6.92 Å². The first-order valence-corrected chi connectivity index (χ1v) is 19.0. The van der Waals surface area contributed by atoms with Gasteiger partial charge in [-0.2, -0.15) is 0 Å². The van der Waals surface area contributed by atoms with E-state index in [1.54, 1.807) is 19.2 Å². The zero-order valence-corrected chi connectivity index (χ0v) is 32.5. The number of anilines is 1. The molecule has 24 nitrogen and oxygen atoms in total. The number of hydrogen-bond acceptors (Lipinski definition) is 22. The van der Waals surface area contributed by atoms with Crippen LogP contribution in [-0.2, 0) is 38.0 Å². The van der Waals surface area contributed by atoms with Crippen LogP contribution in [0.5, 0.6) is 5.75 Å². The number of ether oxygens (including phenoxy) is 8. The van der Waals surface area contributed by atoms with Gasteiger partial charge in [-0.15, -0.1) is 0 Å². The molecule has 0 spiro atoms. The highest BCUT2D eigenvalue weighted by Gasteiger charge is 2.55. The van der Waals surface area contributed by atoms with Crippen molar-refractivity contribution < 1.29 is 104 Å². The number of thiocarbonyl (C=S) groups is 1. The van der Waals surface area contributed by atoms with Crippen LogP contribution in [0.15, 0.2) is 24.3 Å². The lowest BCUT2D eigenvalue weighted by molar-refractivity contribution is -0.381. The predicted octanol–water partition coefficient (Wildman–Crippen LogP) is -7.60. The Hall–Kier alpha value is -2.58. The summed E-state index contributed by atoms with van der Waals surface area (Å²) >= 11 is 5.11. The summed E-state index contributed by atoms with van der Waals surface area (Å²) < 4.78 is 46.2. The molecule has 20 atom stereocenters. The van der Waals surface area contributed by atoms with Gasteiger partial charge in [-0.25, -0.2) is 0 Å². The van der Waals surface area contributed by atoms with Crippen molar-refractivity contribution in [2.75, 3.05) is 38.8 Å². The summed E-state index contributed by atoms with van der Waals surface area (Å²) in [5.41, 5.74) is 0.555. The van der Waals surface area contributed by atoms with Gasteiger partial charge in [-0.3, -0.25) is 4.79 Å². The van der Waals surface area contributed by atoms with Crippen LogP contribution < -0.4 is 20.7 Å². The van der Waals surface area contributed by atoms with Crippen LogP contribution >= 0.6 is 12.2 Å². The lowest BCUT2D eigenvalue weighted by Crippen LogP contribution is -2.69. The number of carbonyl (C=O) groups excluding carboxylic acids is 1. The topological polar surface area (TPSA) is 370 Å². The molecule has 4 heterocycles. The molecule has 15 N–H and O–H groups in total. The first-order chi connectivity index (χ1) is 28.0. The maximum absolute atomic E-state index is 12.1. The highest BCUT2D eigenvalue weighted by atomic mass is 32.1. The van der Waals surface area contributed by atoms with Crippen LogP contribution in [0.3, 0.4) is 0 Å². The smallest absolute Gasteiger partial charge is 0.229 e. The van der Waals surface area contributed by atoms with Gasteiger partial charge < -0.3 is 115 Å². The highest BCUT2D eigenvalue weighted by Crippen LogP contribution is 2.34.